The molecule has 0 aromatic heterocycles. The van der Waals surface area contributed by atoms with E-state index in [2.05, 4.69) is 47.1 Å². The minimum absolute atomic E-state index is 0.0913. The van der Waals surface area contributed by atoms with Crippen molar-refractivity contribution in [3.05, 3.63) is 88.4 Å². The lowest BCUT2D eigenvalue weighted by atomic mass is 9.92. The van der Waals surface area contributed by atoms with Gasteiger partial charge in [0, 0.05) is 36.3 Å². The highest BCUT2D eigenvalue weighted by Gasteiger charge is 2.34. The van der Waals surface area contributed by atoms with Crippen molar-refractivity contribution < 1.29 is 28.9 Å². The number of carboxylic acid groups (broad SMARTS) is 1. The average Bonchev–Trinajstić information content (AvgIpc) is 3.08. The van der Waals surface area contributed by atoms with Crippen LogP contribution in [-0.2, 0) is 22.3 Å². The Balaban J connectivity index is 1.47. The molecule has 1 heterocycles. The highest BCUT2D eigenvalue weighted by atomic mass is 35.5. The van der Waals surface area contributed by atoms with E-state index >= 15 is 0 Å². The molecular formula is C35H45ClN4O6. The maximum atomic E-state index is 13.4. The molecule has 46 heavy (non-hydrogen) atoms. The van der Waals surface area contributed by atoms with E-state index in [1.54, 1.807) is 12.0 Å². The molecule has 3 aromatic carbocycles. The van der Waals surface area contributed by atoms with Crippen LogP contribution in [0, 0.1) is 0 Å². The first-order chi connectivity index (χ1) is 22.3. The molecular weight excluding hydrogens is 608 g/mol. The second kappa shape index (κ2) is 17.8. The number of rotatable bonds is 15. The zero-order valence-corrected chi connectivity index (χ0v) is 27.5. The molecule has 1 aliphatic rings. The van der Waals surface area contributed by atoms with Gasteiger partial charge in [-0.05, 0) is 66.8 Å². The van der Waals surface area contributed by atoms with Crippen LogP contribution in [0.1, 0.15) is 36.1 Å². The third-order valence-electron chi connectivity index (χ3n) is 8.22. The Labute approximate surface area is 276 Å². The van der Waals surface area contributed by atoms with E-state index in [9.17, 15) is 9.59 Å². The number of carbonyl (C=O) groups excluding carboxylic acids is 1. The molecule has 0 saturated carbocycles. The summed E-state index contributed by atoms with van der Waals surface area (Å²) in [5.74, 6) is 0.826. The number of carbonyl (C=O) groups is 2. The van der Waals surface area contributed by atoms with Crippen LogP contribution in [-0.4, -0.2) is 87.8 Å². The van der Waals surface area contributed by atoms with E-state index in [4.69, 9.17) is 30.9 Å². The molecule has 3 amide bonds. The van der Waals surface area contributed by atoms with Gasteiger partial charge in [-0.3, -0.25) is 0 Å². The summed E-state index contributed by atoms with van der Waals surface area (Å²) >= 11 is 6.81. The third kappa shape index (κ3) is 9.83. The summed E-state index contributed by atoms with van der Waals surface area (Å²) in [6.07, 6.45) is 0.349. The quantitative estimate of drug-likeness (QED) is 0.159. The molecule has 4 N–H and O–H groups in total. The number of nitrogens with one attached hydrogen (secondary N) is 3. The second-order valence-corrected chi connectivity index (χ2v) is 11.6. The Bertz CT molecular complexity index is 1420. The monoisotopic (exact) mass is 652 g/mol. The number of ether oxygens (including phenoxy) is 3. The Hall–Kier alpha value is -3.83. The normalized spacial score (nSPS) is 16.0. The predicted molar refractivity (Wildman–Crippen MR) is 180 cm³/mol. The minimum atomic E-state index is -1.12. The van der Waals surface area contributed by atoms with Crippen molar-refractivity contribution in [1.29, 1.82) is 0 Å². The predicted octanol–water partition coefficient (Wildman–Crippen LogP) is 5.53. The molecule has 10 nitrogen and oxygen atoms in total. The van der Waals surface area contributed by atoms with Gasteiger partial charge in [-0.2, -0.15) is 0 Å². The van der Waals surface area contributed by atoms with Gasteiger partial charge in [0.1, 0.15) is 18.0 Å². The summed E-state index contributed by atoms with van der Waals surface area (Å²) in [4.78, 5) is 26.2. The number of methoxy groups -OCH3 is 1. The number of hydrogen-bond acceptors (Lipinski definition) is 6. The fourth-order valence-electron chi connectivity index (χ4n) is 5.62. The molecule has 0 radical (unpaired) electrons. The maximum absolute atomic E-state index is 13.4. The first-order valence-electron chi connectivity index (χ1n) is 15.7. The number of benzene rings is 3. The molecule has 0 aliphatic carbocycles. The van der Waals surface area contributed by atoms with Gasteiger partial charge in [-0.15, -0.1) is 0 Å². The molecule has 3 aromatic rings. The van der Waals surface area contributed by atoms with E-state index in [0.717, 1.165) is 41.7 Å². The third-order valence-corrected chi connectivity index (χ3v) is 8.53. The standard InChI is InChI=1S/C35H45ClN4O6/c1-4-24-7-5-8-26(21-24)32-29(9-6-10-30(32)36)33(46-19-17-38-35(42)43)31-23-40(18-20-45-31)34(41)39-22-27(37-2)14-11-25-12-15-28(44-3)16-13-25/h5-10,12-13,15-16,21,27,31,33,37-38H,4,11,14,17-20,22-23H2,1-3H3,(H,39,41)(H,42,43). The molecule has 3 atom stereocenters. The van der Waals surface area contributed by atoms with Gasteiger partial charge in [0.25, 0.3) is 0 Å². The molecule has 3 unspecified atom stereocenters. The molecule has 4 rings (SSSR count). The van der Waals surface area contributed by atoms with Gasteiger partial charge in [0.2, 0.25) is 0 Å². The van der Waals surface area contributed by atoms with E-state index < -0.39 is 18.3 Å². The zero-order valence-electron chi connectivity index (χ0n) is 26.8. The van der Waals surface area contributed by atoms with Gasteiger partial charge < -0.3 is 40.2 Å². The van der Waals surface area contributed by atoms with Crippen LogP contribution < -0.4 is 20.7 Å². The van der Waals surface area contributed by atoms with Crippen LogP contribution in [0.4, 0.5) is 9.59 Å². The van der Waals surface area contributed by atoms with Crippen molar-refractivity contribution in [3.8, 4) is 16.9 Å². The number of morpholine rings is 1. The highest BCUT2D eigenvalue weighted by molar-refractivity contribution is 6.33. The molecule has 1 saturated heterocycles. The van der Waals surface area contributed by atoms with Crippen LogP contribution in [0.5, 0.6) is 5.75 Å². The first-order valence-corrected chi connectivity index (χ1v) is 16.1. The van der Waals surface area contributed by atoms with Gasteiger partial charge in [-0.25, -0.2) is 9.59 Å². The maximum Gasteiger partial charge on any atom is 0.404 e. The van der Waals surface area contributed by atoms with Crippen molar-refractivity contribution in [1.82, 2.24) is 20.9 Å². The summed E-state index contributed by atoms with van der Waals surface area (Å²) in [5.41, 5.74) is 4.98. The summed E-state index contributed by atoms with van der Waals surface area (Å²) in [5, 5.41) is 18.4. The molecule has 1 aliphatic heterocycles. The lowest BCUT2D eigenvalue weighted by molar-refractivity contribution is -0.105. The number of amides is 3. The summed E-state index contributed by atoms with van der Waals surface area (Å²) in [6.45, 7) is 3.85. The van der Waals surface area contributed by atoms with Crippen molar-refractivity contribution in [2.75, 3.05) is 53.6 Å². The fraction of sp³-hybridized carbons (Fsp3) is 0.429. The summed E-state index contributed by atoms with van der Waals surface area (Å²) < 4.78 is 17.8. The van der Waals surface area contributed by atoms with Crippen LogP contribution in [0.3, 0.4) is 0 Å². The van der Waals surface area contributed by atoms with E-state index in [0.29, 0.717) is 31.3 Å². The number of urea groups is 1. The minimum Gasteiger partial charge on any atom is -0.497 e. The zero-order chi connectivity index (χ0) is 32.9. The van der Waals surface area contributed by atoms with Crippen molar-refractivity contribution in [2.45, 2.75) is 44.4 Å². The van der Waals surface area contributed by atoms with E-state index in [1.165, 1.54) is 11.1 Å². The van der Waals surface area contributed by atoms with Crippen molar-refractivity contribution in [2.24, 2.45) is 0 Å². The average molecular weight is 653 g/mol. The van der Waals surface area contributed by atoms with E-state index in [-0.39, 0.29) is 25.2 Å². The molecule has 248 valence electrons. The molecule has 1 fully saturated rings. The van der Waals surface area contributed by atoms with E-state index in [1.807, 2.05) is 49.5 Å². The number of halogens is 1. The Kier molecular flexibility index (Phi) is 13.5. The summed E-state index contributed by atoms with van der Waals surface area (Å²) in [6, 6.07) is 21.8. The number of hydrogen-bond donors (Lipinski definition) is 4. The number of likely N-dealkylation sites (N-methyl/N-ethyl adjacent to an activating group) is 1. The van der Waals surface area contributed by atoms with Crippen LogP contribution in [0.15, 0.2) is 66.7 Å². The van der Waals surface area contributed by atoms with Crippen LogP contribution >= 0.6 is 11.6 Å². The van der Waals surface area contributed by atoms with Crippen LogP contribution in [0.25, 0.3) is 11.1 Å². The molecule has 11 heteroatoms. The molecule has 0 bridgehead atoms. The highest BCUT2D eigenvalue weighted by Crippen LogP contribution is 2.39. The lowest BCUT2D eigenvalue weighted by Gasteiger charge is -2.38. The lowest BCUT2D eigenvalue weighted by Crippen LogP contribution is -2.53. The second-order valence-electron chi connectivity index (χ2n) is 11.2. The number of aryl methyl sites for hydroxylation is 2. The van der Waals surface area contributed by atoms with Crippen LogP contribution in [0.2, 0.25) is 5.02 Å². The van der Waals surface area contributed by atoms with Crippen molar-refractivity contribution in [3.63, 3.8) is 0 Å². The molecule has 0 spiro atoms. The Morgan fingerprint density at radius 2 is 1.87 bits per heavy atom. The number of nitrogens with zero attached hydrogens (tertiary/aromatic N) is 1. The topological polar surface area (TPSA) is 121 Å². The van der Waals surface area contributed by atoms with Gasteiger partial charge in [0.05, 0.1) is 26.9 Å². The van der Waals surface area contributed by atoms with Gasteiger partial charge in [0.15, 0.2) is 0 Å². The van der Waals surface area contributed by atoms with Gasteiger partial charge >= 0.3 is 12.1 Å². The van der Waals surface area contributed by atoms with Gasteiger partial charge in [-0.1, -0.05) is 67.1 Å². The SMILES string of the molecule is CCc1cccc(-c2c(Cl)cccc2C(OCCNC(=O)O)C2CN(C(=O)NCC(CCc3ccc(OC)cc3)NC)CCO2)c1. The Morgan fingerprint density at radius 3 is 2.59 bits per heavy atom. The fourth-order valence-corrected chi connectivity index (χ4v) is 5.91. The first kappa shape index (κ1) is 35.0. The smallest absolute Gasteiger partial charge is 0.404 e. The van der Waals surface area contributed by atoms with Crippen molar-refractivity contribution >= 4 is 23.7 Å². The Morgan fingerprint density at radius 1 is 1.09 bits per heavy atom. The largest absolute Gasteiger partial charge is 0.497 e. The summed E-state index contributed by atoms with van der Waals surface area (Å²) in [7, 11) is 3.55.